The van der Waals surface area contributed by atoms with Crippen LogP contribution in [0, 0.1) is 0 Å². The first-order valence-electron chi connectivity index (χ1n) is 3.99. The number of fused-ring (bicyclic) bond motifs is 1. The molecule has 4 heteroatoms. The Hall–Kier alpha value is -1.03. The average Bonchev–Trinajstić information content (AvgIpc) is 2.12. The fraction of sp³-hybridized carbons (Fsp3) is 0.222. The lowest BCUT2D eigenvalue weighted by atomic mass is 10.2. The third-order valence-electron chi connectivity index (χ3n) is 2.14. The van der Waals surface area contributed by atoms with Crippen molar-refractivity contribution in [2.75, 3.05) is 23.8 Å². The van der Waals surface area contributed by atoms with Gasteiger partial charge in [0.25, 0.3) is 0 Å². The van der Waals surface area contributed by atoms with Crippen molar-refractivity contribution in [3.63, 3.8) is 0 Å². The van der Waals surface area contributed by atoms with E-state index in [4.69, 9.17) is 0 Å². The van der Waals surface area contributed by atoms with Gasteiger partial charge in [0.15, 0.2) is 0 Å². The van der Waals surface area contributed by atoms with E-state index in [2.05, 4.69) is 21.2 Å². The van der Waals surface area contributed by atoms with Gasteiger partial charge < -0.3 is 10.2 Å². The summed E-state index contributed by atoms with van der Waals surface area (Å²) in [7, 11) is 1.79. The first kappa shape index (κ1) is 8.56. The lowest BCUT2D eigenvalue weighted by Gasteiger charge is -2.27. The number of carbonyl (C=O) groups excluding carboxylic acids is 1. The minimum Gasteiger partial charge on any atom is -0.374 e. The fourth-order valence-corrected chi connectivity index (χ4v) is 1.88. The maximum atomic E-state index is 11.3. The van der Waals surface area contributed by atoms with Gasteiger partial charge >= 0.3 is 0 Å². The highest BCUT2D eigenvalue weighted by atomic mass is 79.9. The number of nitrogens with zero attached hydrogens (tertiary/aromatic N) is 1. The zero-order valence-electron chi connectivity index (χ0n) is 7.17. The van der Waals surface area contributed by atoms with Gasteiger partial charge in [-0.1, -0.05) is 6.07 Å². The summed E-state index contributed by atoms with van der Waals surface area (Å²) in [6, 6.07) is 5.79. The molecular weight excluding hydrogens is 232 g/mol. The van der Waals surface area contributed by atoms with Gasteiger partial charge in [0.1, 0.15) is 0 Å². The smallest absolute Gasteiger partial charge is 0.246 e. The number of nitrogens with one attached hydrogen (secondary N) is 1. The molecule has 68 valence electrons. The first-order valence-corrected chi connectivity index (χ1v) is 4.78. The van der Waals surface area contributed by atoms with Crippen LogP contribution in [0.3, 0.4) is 0 Å². The maximum Gasteiger partial charge on any atom is 0.246 e. The van der Waals surface area contributed by atoms with E-state index >= 15 is 0 Å². The highest BCUT2D eigenvalue weighted by Gasteiger charge is 2.21. The van der Waals surface area contributed by atoms with Gasteiger partial charge in [-0.3, -0.25) is 4.79 Å². The standard InChI is InChI=1S/C9H9BrN2O/c1-12-7-4-2-3-6(10)9(7)11-5-8(12)13/h2-4,11H,5H2,1H3. The summed E-state index contributed by atoms with van der Waals surface area (Å²) in [6.45, 7) is 0.367. The van der Waals surface area contributed by atoms with E-state index in [0.717, 1.165) is 15.8 Å². The van der Waals surface area contributed by atoms with Crippen molar-refractivity contribution in [2.24, 2.45) is 0 Å². The van der Waals surface area contributed by atoms with Gasteiger partial charge in [-0.15, -0.1) is 0 Å². The van der Waals surface area contributed by atoms with Crippen molar-refractivity contribution in [1.29, 1.82) is 0 Å². The molecule has 0 atom stereocenters. The highest BCUT2D eigenvalue weighted by Crippen LogP contribution is 2.34. The van der Waals surface area contributed by atoms with E-state index in [-0.39, 0.29) is 5.91 Å². The molecule has 1 aromatic carbocycles. The molecule has 1 N–H and O–H groups in total. The number of rotatable bonds is 0. The van der Waals surface area contributed by atoms with Crippen LogP contribution in [-0.4, -0.2) is 19.5 Å². The number of anilines is 2. The van der Waals surface area contributed by atoms with Gasteiger partial charge in [0, 0.05) is 11.5 Å². The number of carbonyl (C=O) groups is 1. The lowest BCUT2D eigenvalue weighted by Crippen LogP contribution is -2.36. The van der Waals surface area contributed by atoms with E-state index in [0.29, 0.717) is 6.54 Å². The summed E-state index contributed by atoms with van der Waals surface area (Å²) in [5.41, 5.74) is 1.91. The highest BCUT2D eigenvalue weighted by molar-refractivity contribution is 9.10. The zero-order chi connectivity index (χ0) is 9.42. The number of likely N-dealkylation sites (N-methyl/N-ethyl adjacent to an activating group) is 1. The average molecular weight is 241 g/mol. The third-order valence-corrected chi connectivity index (χ3v) is 2.80. The molecule has 0 bridgehead atoms. The number of hydrogen-bond acceptors (Lipinski definition) is 2. The molecule has 1 aliphatic heterocycles. The van der Waals surface area contributed by atoms with Crippen molar-refractivity contribution in [3.05, 3.63) is 22.7 Å². The molecule has 1 aliphatic rings. The molecule has 3 nitrogen and oxygen atoms in total. The van der Waals surface area contributed by atoms with Gasteiger partial charge in [0.05, 0.1) is 17.9 Å². The molecule has 0 saturated carbocycles. The van der Waals surface area contributed by atoms with Gasteiger partial charge in [0.2, 0.25) is 5.91 Å². The molecule has 0 fully saturated rings. The molecule has 0 spiro atoms. The second-order valence-electron chi connectivity index (χ2n) is 2.94. The second-order valence-corrected chi connectivity index (χ2v) is 3.79. The summed E-state index contributed by atoms with van der Waals surface area (Å²) in [6.07, 6.45) is 0. The predicted octanol–water partition coefficient (Wildman–Crippen LogP) is 1.84. The van der Waals surface area contributed by atoms with Crippen molar-refractivity contribution in [2.45, 2.75) is 0 Å². The summed E-state index contributed by atoms with van der Waals surface area (Å²) >= 11 is 3.43. The van der Waals surface area contributed by atoms with E-state index in [1.807, 2.05) is 18.2 Å². The van der Waals surface area contributed by atoms with Crippen LogP contribution in [0.25, 0.3) is 0 Å². The Morgan fingerprint density at radius 1 is 1.54 bits per heavy atom. The molecule has 1 heterocycles. The largest absolute Gasteiger partial charge is 0.374 e. The molecule has 1 aromatic rings. The normalized spacial score (nSPS) is 15.2. The summed E-state index contributed by atoms with van der Waals surface area (Å²) < 4.78 is 0.990. The number of para-hydroxylation sites is 1. The maximum absolute atomic E-state index is 11.3. The predicted molar refractivity (Wildman–Crippen MR) is 56.0 cm³/mol. The van der Waals surface area contributed by atoms with Gasteiger partial charge in [-0.25, -0.2) is 0 Å². The van der Waals surface area contributed by atoms with Crippen LogP contribution in [0.15, 0.2) is 22.7 Å². The van der Waals surface area contributed by atoms with Crippen molar-refractivity contribution in [1.82, 2.24) is 0 Å². The number of halogens is 1. The molecule has 0 saturated heterocycles. The Morgan fingerprint density at radius 2 is 2.31 bits per heavy atom. The zero-order valence-corrected chi connectivity index (χ0v) is 8.76. The lowest BCUT2D eigenvalue weighted by molar-refractivity contribution is -0.116. The Kier molecular flexibility index (Phi) is 2.00. The summed E-state index contributed by atoms with van der Waals surface area (Å²) in [4.78, 5) is 13.0. The monoisotopic (exact) mass is 240 g/mol. The molecule has 0 aromatic heterocycles. The minimum absolute atomic E-state index is 0.0885. The van der Waals surface area contributed by atoms with Gasteiger partial charge in [-0.2, -0.15) is 0 Å². The van der Waals surface area contributed by atoms with Gasteiger partial charge in [-0.05, 0) is 28.1 Å². The Labute approximate surface area is 84.9 Å². The topological polar surface area (TPSA) is 32.3 Å². The van der Waals surface area contributed by atoms with Crippen LogP contribution in [-0.2, 0) is 4.79 Å². The van der Waals surface area contributed by atoms with Crippen molar-refractivity contribution >= 4 is 33.2 Å². The number of amides is 1. The summed E-state index contributed by atoms with van der Waals surface area (Å²) in [5.74, 6) is 0.0885. The number of benzene rings is 1. The van der Waals surface area contributed by atoms with Crippen LogP contribution < -0.4 is 10.2 Å². The minimum atomic E-state index is 0.0885. The van der Waals surface area contributed by atoms with E-state index in [1.165, 1.54) is 0 Å². The molecule has 2 rings (SSSR count). The van der Waals surface area contributed by atoms with Crippen LogP contribution in [0.2, 0.25) is 0 Å². The SMILES string of the molecule is CN1C(=O)CNc2c(Br)cccc21. The molecule has 0 radical (unpaired) electrons. The molecule has 13 heavy (non-hydrogen) atoms. The quantitative estimate of drug-likeness (QED) is 0.751. The van der Waals surface area contributed by atoms with Crippen LogP contribution >= 0.6 is 15.9 Å². The first-order chi connectivity index (χ1) is 6.20. The number of hydrogen-bond donors (Lipinski definition) is 1. The van der Waals surface area contributed by atoms with Crippen LogP contribution in [0.5, 0.6) is 0 Å². The molecule has 1 amide bonds. The van der Waals surface area contributed by atoms with E-state index < -0.39 is 0 Å². The Bertz CT molecular complexity index is 365. The van der Waals surface area contributed by atoms with Crippen molar-refractivity contribution in [3.8, 4) is 0 Å². The Balaban J connectivity index is 2.55. The van der Waals surface area contributed by atoms with E-state index in [1.54, 1.807) is 11.9 Å². The molecule has 0 unspecified atom stereocenters. The molecular formula is C9H9BrN2O. The summed E-state index contributed by atoms with van der Waals surface area (Å²) in [5, 5.41) is 3.07. The van der Waals surface area contributed by atoms with E-state index in [9.17, 15) is 4.79 Å². The third kappa shape index (κ3) is 1.31. The van der Waals surface area contributed by atoms with Crippen LogP contribution in [0.4, 0.5) is 11.4 Å². The fourth-order valence-electron chi connectivity index (χ4n) is 1.38. The van der Waals surface area contributed by atoms with Crippen LogP contribution in [0.1, 0.15) is 0 Å². The second kappa shape index (κ2) is 3.03. The van der Waals surface area contributed by atoms with Crippen molar-refractivity contribution < 1.29 is 4.79 Å². The Morgan fingerprint density at radius 3 is 3.08 bits per heavy atom. The molecule has 0 aliphatic carbocycles.